The highest BCUT2D eigenvalue weighted by atomic mass is 32.2. The summed E-state index contributed by atoms with van der Waals surface area (Å²) in [5.74, 6) is -0.321. The summed E-state index contributed by atoms with van der Waals surface area (Å²) >= 11 is 0. The molecule has 0 saturated carbocycles. The highest BCUT2D eigenvalue weighted by Gasteiger charge is 2.18. The summed E-state index contributed by atoms with van der Waals surface area (Å²) in [5, 5.41) is 11.5. The zero-order chi connectivity index (χ0) is 18.3. The van der Waals surface area contributed by atoms with E-state index < -0.39 is 10.0 Å². The van der Waals surface area contributed by atoms with Crippen molar-refractivity contribution in [2.24, 2.45) is 0 Å². The third kappa shape index (κ3) is 5.99. The number of benzene rings is 1. The van der Waals surface area contributed by atoms with Gasteiger partial charge in [-0.25, -0.2) is 8.42 Å². The molecule has 0 aliphatic rings. The number of amides is 1. The van der Waals surface area contributed by atoms with Crippen molar-refractivity contribution in [3.05, 3.63) is 59.9 Å². The lowest BCUT2D eigenvalue weighted by molar-refractivity contribution is -0.116. The minimum Gasteiger partial charge on any atom is -0.326 e. The van der Waals surface area contributed by atoms with Gasteiger partial charge in [-0.3, -0.25) is 9.78 Å². The maximum Gasteiger partial charge on any atom is 0.225 e. The molecule has 7 nitrogen and oxygen atoms in total. The molecule has 0 aliphatic carbocycles. The van der Waals surface area contributed by atoms with Gasteiger partial charge < -0.3 is 5.32 Å². The van der Waals surface area contributed by atoms with E-state index in [-0.39, 0.29) is 25.4 Å². The van der Waals surface area contributed by atoms with Crippen LogP contribution in [-0.2, 0) is 21.4 Å². The zero-order valence-corrected chi connectivity index (χ0v) is 14.5. The van der Waals surface area contributed by atoms with Crippen molar-refractivity contribution in [3.63, 3.8) is 0 Å². The summed E-state index contributed by atoms with van der Waals surface area (Å²) < 4.78 is 25.1. The van der Waals surface area contributed by atoms with Crippen LogP contribution in [0.5, 0.6) is 0 Å². The molecular weight excluding hydrogens is 340 g/mol. The number of pyridine rings is 1. The average molecular weight is 358 g/mol. The van der Waals surface area contributed by atoms with E-state index in [1.54, 1.807) is 48.8 Å². The van der Waals surface area contributed by atoms with E-state index in [0.29, 0.717) is 11.3 Å². The molecule has 1 heterocycles. The molecule has 1 aromatic heterocycles. The van der Waals surface area contributed by atoms with Gasteiger partial charge in [0.05, 0.1) is 17.9 Å². The second-order valence-electron chi connectivity index (χ2n) is 5.44. The number of nitriles is 1. The van der Waals surface area contributed by atoms with Crippen LogP contribution in [0.1, 0.15) is 17.5 Å². The average Bonchev–Trinajstić information content (AvgIpc) is 2.58. The van der Waals surface area contributed by atoms with Crippen molar-refractivity contribution in [1.29, 1.82) is 5.26 Å². The number of aromatic nitrogens is 1. The Bertz CT molecular complexity index is 876. The Labute approximate surface area is 147 Å². The third-order valence-corrected chi connectivity index (χ3v) is 4.69. The number of carbonyl (C=O) groups excluding carboxylic acids is 1. The zero-order valence-electron chi connectivity index (χ0n) is 13.7. The lowest BCUT2D eigenvalue weighted by Crippen LogP contribution is -2.32. The van der Waals surface area contributed by atoms with Gasteiger partial charge in [0, 0.05) is 37.6 Å². The molecule has 130 valence electrons. The molecule has 1 amide bonds. The highest BCUT2D eigenvalue weighted by Crippen LogP contribution is 2.12. The molecule has 2 rings (SSSR count). The number of anilines is 1. The Kier molecular flexibility index (Phi) is 6.22. The normalized spacial score (nSPS) is 11.1. The molecule has 1 aromatic carbocycles. The van der Waals surface area contributed by atoms with Gasteiger partial charge in [0.15, 0.2) is 0 Å². The monoisotopic (exact) mass is 358 g/mol. The van der Waals surface area contributed by atoms with Gasteiger partial charge in [-0.1, -0.05) is 6.07 Å². The van der Waals surface area contributed by atoms with Gasteiger partial charge >= 0.3 is 0 Å². The predicted octanol–water partition coefficient (Wildman–Crippen LogP) is 1.74. The van der Waals surface area contributed by atoms with E-state index in [1.807, 2.05) is 6.07 Å². The summed E-state index contributed by atoms with van der Waals surface area (Å²) in [6.07, 6.45) is 4.30. The number of hydrogen-bond donors (Lipinski definition) is 1. The fourth-order valence-electron chi connectivity index (χ4n) is 2.17. The van der Waals surface area contributed by atoms with Crippen LogP contribution in [-0.4, -0.2) is 36.4 Å². The van der Waals surface area contributed by atoms with Crippen molar-refractivity contribution in [3.8, 4) is 6.07 Å². The molecule has 1 N–H and O–H groups in total. The van der Waals surface area contributed by atoms with Crippen LogP contribution in [0.4, 0.5) is 5.69 Å². The Morgan fingerprint density at radius 3 is 2.64 bits per heavy atom. The molecule has 0 saturated heterocycles. The second kappa shape index (κ2) is 8.37. The van der Waals surface area contributed by atoms with Gasteiger partial charge in [0.25, 0.3) is 0 Å². The lowest BCUT2D eigenvalue weighted by Gasteiger charge is -2.19. The van der Waals surface area contributed by atoms with Crippen LogP contribution in [0.25, 0.3) is 0 Å². The molecule has 0 fully saturated rings. The molecule has 0 spiro atoms. The Hall–Kier alpha value is -2.76. The van der Waals surface area contributed by atoms with Crippen molar-refractivity contribution in [1.82, 2.24) is 9.29 Å². The van der Waals surface area contributed by atoms with E-state index >= 15 is 0 Å². The second-order valence-corrected chi connectivity index (χ2v) is 7.43. The topological polar surface area (TPSA) is 103 Å². The van der Waals surface area contributed by atoms with Crippen molar-refractivity contribution in [2.75, 3.05) is 18.1 Å². The molecule has 8 heteroatoms. The number of sulfonamides is 1. The molecule has 0 aliphatic heterocycles. The SMILES string of the molecule is CS(=O)(=O)N(CCC(=O)Nc1cccc(C#N)c1)Cc1ccncc1. The summed E-state index contributed by atoms with van der Waals surface area (Å²) in [7, 11) is -3.45. The van der Waals surface area contributed by atoms with Crippen LogP contribution >= 0.6 is 0 Å². The Morgan fingerprint density at radius 1 is 1.28 bits per heavy atom. The highest BCUT2D eigenvalue weighted by molar-refractivity contribution is 7.88. The fraction of sp³-hybridized carbons (Fsp3) is 0.235. The van der Waals surface area contributed by atoms with Crippen LogP contribution in [0.2, 0.25) is 0 Å². The van der Waals surface area contributed by atoms with Crippen LogP contribution < -0.4 is 5.32 Å². The number of nitrogens with one attached hydrogen (secondary N) is 1. The third-order valence-electron chi connectivity index (χ3n) is 3.44. The Balaban J connectivity index is 1.98. The maximum atomic E-state index is 12.1. The minimum atomic E-state index is -3.45. The number of nitrogens with zero attached hydrogens (tertiary/aromatic N) is 3. The molecule has 0 atom stereocenters. The maximum absolute atomic E-state index is 12.1. The fourth-order valence-corrected chi connectivity index (χ4v) is 2.98. The van der Waals surface area contributed by atoms with Gasteiger partial charge in [-0.2, -0.15) is 9.57 Å². The van der Waals surface area contributed by atoms with E-state index in [1.165, 1.54) is 4.31 Å². The first-order valence-electron chi connectivity index (χ1n) is 7.52. The molecule has 0 bridgehead atoms. The largest absolute Gasteiger partial charge is 0.326 e. The van der Waals surface area contributed by atoms with E-state index in [2.05, 4.69) is 10.3 Å². The minimum absolute atomic E-state index is 0.00886. The van der Waals surface area contributed by atoms with Crippen molar-refractivity contribution in [2.45, 2.75) is 13.0 Å². The molecule has 0 radical (unpaired) electrons. The smallest absolute Gasteiger partial charge is 0.225 e. The molecular formula is C17H18N4O3S. The number of hydrogen-bond acceptors (Lipinski definition) is 5. The number of rotatable bonds is 7. The molecule has 25 heavy (non-hydrogen) atoms. The van der Waals surface area contributed by atoms with Crippen molar-refractivity contribution >= 4 is 21.6 Å². The standard InChI is InChI=1S/C17H18N4O3S/c1-25(23,24)21(13-14-5-8-19-9-6-14)10-7-17(22)20-16-4-2-3-15(11-16)12-18/h2-6,8-9,11H,7,10,13H2,1H3,(H,20,22). The number of carbonyl (C=O) groups is 1. The van der Waals surface area contributed by atoms with Gasteiger partial charge in [-0.05, 0) is 35.9 Å². The van der Waals surface area contributed by atoms with E-state index in [4.69, 9.17) is 5.26 Å². The first kappa shape index (κ1) is 18.6. The van der Waals surface area contributed by atoms with Gasteiger partial charge in [0.2, 0.25) is 15.9 Å². The van der Waals surface area contributed by atoms with Crippen LogP contribution in [0, 0.1) is 11.3 Å². The summed E-state index contributed by atoms with van der Waals surface area (Å²) in [6.45, 7) is 0.240. The van der Waals surface area contributed by atoms with Crippen LogP contribution in [0.15, 0.2) is 48.8 Å². The summed E-state index contributed by atoms with van der Waals surface area (Å²) in [4.78, 5) is 16.0. The van der Waals surface area contributed by atoms with Gasteiger partial charge in [-0.15, -0.1) is 0 Å². The molecule has 0 unspecified atom stereocenters. The van der Waals surface area contributed by atoms with Gasteiger partial charge in [0.1, 0.15) is 0 Å². The van der Waals surface area contributed by atoms with E-state index in [0.717, 1.165) is 11.8 Å². The molecule has 2 aromatic rings. The summed E-state index contributed by atoms with van der Waals surface area (Å²) in [5.41, 5.74) is 1.74. The summed E-state index contributed by atoms with van der Waals surface area (Å²) in [6, 6.07) is 12.0. The van der Waals surface area contributed by atoms with E-state index in [9.17, 15) is 13.2 Å². The quantitative estimate of drug-likeness (QED) is 0.812. The van der Waals surface area contributed by atoms with Crippen molar-refractivity contribution < 1.29 is 13.2 Å². The predicted molar refractivity (Wildman–Crippen MR) is 93.9 cm³/mol. The Morgan fingerprint density at radius 2 is 2.00 bits per heavy atom. The first-order valence-corrected chi connectivity index (χ1v) is 9.37. The lowest BCUT2D eigenvalue weighted by atomic mass is 10.2. The first-order chi connectivity index (χ1) is 11.9. The van der Waals surface area contributed by atoms with Crippen LogP contribution in [0.3, 0.4) is 0 Å².